The molecule has 1 saturated heterocycles. The summed E-state index contributed by atoms with van der Waals surface area (Å²) in [5, 5.41) is 1.34. The Morgan fingerprint density at radius 1 is 1.18 bits per heavy atom. The standard InChI is InChI=1S/C21H21NO5S/c1-4-13(2)27-19(23)12-22-20(24)18(28-21(22)25)11-14-9-10-17(26-3)16-8-6-5-7-15(14)16/h5-11,13H,4,12H2,1-3H3/b18-11+/t13-/m1/s1. The Hall–Kier alpha value is -2.80. The summed E-state index contributed by atoms with van der Waals surface area (Å²) in [5.74, 6) is -0.350. The van der Waals surface area contributed by atoms with E-state index in [-0.39, 0.29) is 17.6 Å². The second-order valence-corrected chi connectivity index (χ2v) is 7.37. The first-order chi connectivity index (χ1) is 13.4. The zero-order valence-corrected chi connectivity index (χ0v) is 16.7. The number of nitrogens with zero attached hydrogens (tertiary/aromatic N) is 1. The lowest BCUT2D eigenvalue weighted by molar-refractivity contribution is -0.150. The Bertz CT molecular complexity index is 968. The molecule has 0 unspecified atom stereocenters. The van der Waals surface area contributed by atoms with E-state index in [4.69, 9.17) is 9.47 Å². The van der Waals surface area contributed by atoms with E-state index < -0.39 is 17.1 Å². The number of hydrogen-bond acceptors (Lipinski definition) is 6. The summed E-state index contributed by atoms with van der Waals surface area (Å²) in [6, 6.07) is 11.3. The van der Waals surface area contributed by atoms with Gasteiger partial charge in [0, 0.05) is 5.39 Å². The van der Waals surface area contributed by atoms with E-state index in [1.54, 1.807) is 20.1 Å². The maximum absolute atomic E-state index is 12.7. The van der Waals surface area contributed by atoms with Crippen LogP contribution in [-0.4, -0.2) is 41.8 Å². The highest BCUT2D eigenvalue weighted by Crippen LogP contribution is 2.35. The summed E-state index contributed by atoms with van der Waals surface area (Å²) >= 11 is 0.821. The predicted molar refractivity (Wildman–Crippen MR) is 109 cm³/mol. The second kappa shape index (κ2) is 8.48. The first-order valence-electron chi connectivity index (χ1n) is 8.95. The number of fused-ring (bicyclic) bond motifs is 1. The van der Waals surface area contributed by atoms with Crippen molar-refractivity contribution in [2.75, 3.05) is 13.7 Å². The summed E-state index contributed by atoms with van der Waals surface area (Å²) in [4.78, 5) is 38.1. The topological polar surface area (TPSA) is 72.9 Å². The molecular formula is C21H21NO5S. The largest absolute Gasteiger partial charge is 0.496 e. The molecule has 0 aliphatic carbocycles. The van der Waals surface area contributed by atoms with Crippen LogP contribution in [0.15, 0.2) is 41.3 Å². The van der Waals surface area contributed by atoms with Gasteiger partial charge in [-0.1, -0.05) is 37.3 Å². The molecule has 1 fully saturated rings. The lowest BCUT2D eigenvalue weighted by Crippen LogP contribution is -2.35. The molecule has 3 rings (SSSR count). The summed E-state index contributed by atoms with van der Waals surface area (Å²) in [7, 11) is 1.60. The van der Waals surface area contributed by atoms with Crippen LogP contribution in [0.1, 0.15) is 25.8 Å². The van der Waals surface area contributed by atoms with Crippen molar-refractivity contribution in [1.29, 1.82) is 0 Å². The molecule has 1 aliphatic rings. The maximum Gasteiger partial charge on any atom is 0.326 e. The number of ether oxygens (including phenoxy) is 2. The minimum absolute atomic E-state index is 0.256. The molecule has 0 N–H and O–H groups in total. The van der Waals surface area contributed by atoms with Crippen molar-refractivity contribution < 1.29 is 23.9 Å². The molecule has 28 heavy (non-hydrogen) atoms. The van der Waals surface area contributed by atoms with Crippen LogP contribution < -0.4 is 4.74 Å². The fourth-order valence-corrected chi connectivity index (χ4v) is 3.68. The molecule has 1 atom stereocenters. The number of esters is 1. The minimum atomic E-state index is -0.590. The van der Waals surface area contributed by atoms with Gasteiger partial charge < -0.3 is 9.47 Å². The highest BCUT2D eigenvalue weighted by Gasteiger charge is 2.37. The lowest BCUT2D eigenvalue weighted by atomic mass is 10.0. The molecule has 2 amide bonds. The molecule has 1 heterocycles. The van der Waals surface area contributed by atoms with Crippen LogP contribution in [0.4, 0.5) is 4.79 Å². The van der Waals surface area contributed by atoms with Crippen LogP contribution in [0.5, 0.6) is 5.75 Å². The van der Waals surface area contributed by atoms with Crippen LogP contribution in [0.2, 0.25) is 0 Å². The van der Waals surface area contributed by atoms with Crippen molar-refractivity contribution in [1.82, 2.24) is 4.90 Å². The maximum atomic E-state index is 12.7. The molecular weight excluding hydrogens is 378 g/mol. The third-order valence-corrected chi connectivity index (χ3v) is 5.40. The Morgan fingerprint density at radius 2 is 1.89 bits per heavy atom. The number of carbonyl (C=O) groups excluding carboxylic acids is 3. The van der Waals surface area contributed by atoms with E-state index in [1.807, 2.05) is 43.3 Å². The van der Waals surface area contributed by atoms with E-state index >= 15 is 0 Å². The number of carbonyl (C=O) groups is 3. The van der Waals surface area contributed by atoms with E-state index in [2.05, 4.69) is 0 Å². The third-order valence-electron chi connectivity index (χ3n) is 4.49. The average Bonchev–Trinajstić information content (AvgIpc) is 2.95. The molecule has 2 aromatic carbocycles. The number of hydrogen-bond donors (Lipinski definition) is 0. The van der Waals surface area contributed by atoms with Crippen molar-refractivity contribution in [3.8, 4) is 5.75 Å². The van der Waals surface area contributed by atoms with Crippen LogP contribution in [0.3, 0.4) is 0 Å². The Kier molecular flexibility index (Phi) is 6.04. The molecule has 7 heteroatoms. The van der Waals surface area contributed by atoms with Crippen molar-refractivity contribution in [3.63, 3.8) is 0 Å². The van der Waals surface area contributed by atoms with Gasteiger partial charge in [0.05, 0.1) is 18.1 Å². The van der Waals surface area contributed by atoms with E-state index in [0.717, 1.165) is 38.7 Å². The molecule has 1 aliphatic heterocycles. The zero-order valence-electron chi connectivity index (χ0n) is 15.9. The van der Waals surface area contributed by atoms with Crippen molar-refractivity contribution in [2.24, 2.45) is 0 Å². The number of rotatable bonds is 6. The normalized spacial score (nSPS) is 16.7. The number of imide groups is 1. The summed E-state index contributed by atoms with van der Waals surface area (Å²) in [5.41, 5.74) is 0.795. The molecule has 0 spiro atoms. The van der Waals surface area contributed by atoms with Gasteiger partial charge in [-0.15, -0.1) is 0 Å². The average molecular weight is 399 g/mol. The number of thioether (sulfide) groups is 1. The van der Waals surface area contributed by atoms with Crippen molar-refractivity contribution >= 4 is 45.7 Å². The molecule has 0 radical (unpaired) electrons. The zero-order chi connectivity index (χ0) is 20.3. The first kappa shape index (κ1) is 19.9. The van der Waals surface area contributed by atoms with Gasteiger partial charge in [0.2, 0.25) is 0 Å². The summed E-state index contributed by atoms with van der Waals surface area (Å²) in [6.45, 7) is 3.27. The number of methoxy groups -OCH3 is 1. The van der Waals surface area contributed by atoms with Gasteiger partial charge in [0.1, 0.15) is 12.3 Å². The molecule has 2 aromatic rings. The van der Waals surface area contributed by atoms with Crippen LogP contribution >= 0.6 is 11.8 Å². The Balaban J connectivity index is 1.86. The minimum Gasteiger partial charge on any atom is -0.496 e. The molecule has 0 saturated carbocycles. The van der Waals surface area contributed by atoms with E-state index in [1.165, 1.54) is 0 Å². The molecule has 6 nitrogen and oxygen atoms in total. The van der Waals surface area contributed by atoms with Gasteiger partial charge in [-0.3, -0.25) is 19.3 Å². The Labute approximate surface area is 167 Å². The van der Waals surface area contributed by atoms with Gasteiger partial charge in [-0.05, 0) is 48.2 Å². The summed E-state index contributed by atoms with van der Waals surface area (Å²) in [6.07, 6.45) is 2.08. The van der Waals surface area contributed by atoms with Gasteiger partial charge in [0.15, 0.2) is 0 Å². The number of amides is 2. The van der Waals surface area contributed by atoms with Crippen LogP contribution in [0.25, 0.3) is 16.8 Å². The van der Waals surface area contributed by atoms with Gasteiger partial charge in [0.25, 0.3) is 11.1 Å². The second-order valence-electron chi connectivity index (χ2n) is 6.38. The quantitative estimate of drug-likeness (QED) is 0.535. The fourth-order valence-electron chi connectivity index (χ4n) is 2.85. The lowest BCUT2D eigenvalue weighted by Gasteiger charge is -2.14. The van der Waals surface area contributed by atoms with Crippen molar-refractivity contribution in [3.05, 3.63) is 46.9 Å². The van der Waals surface area contributed by atoms with Crippen LogP contribution in [0, 0.1) is 0 Å². The van der Waals surface area contributed by atoms with E-state index in [0.29, 0.717) is 6.42 Å². The Morgan fingerprint density at radius 3 is 2.57 bits per heavy atom. The fraction of sp³-hybridized carbons (Fsp3) is 0.286. The highest BCUT2D eigenvalue weighted by atomic mass is 32.2. The first-order valence-corrected chi connectivity index (χ1v) is 9.76. The van der Waals surface area contributed by atoms with Gasteiger partial charge >= 0.3 is 5.97 Å². The summed E-state index contributed by atoms with van der Waals surface area (Å²) < 4.78 is 10.6. The monoisotopic (exact) mass is 399 g/mol. The molecule has 146 valence electrons. The van der Waals surface area contributed by atoms with Crippen molar-refractivity contribution in [2.45, 2.75) is 26.4 Å². The van der Waals surface area contributed by atoms with E-state index in [9.17, 15) is 14.4 Å². The van der Waals surface area contributed by atoms with Crippen LogP contribution in [-0.2, 0) is 14.3 Å². The molecule has 0 aromatic heterocycles. The van der Waals surface area contributed by atoms with Gasteiger partial charge in [-0.25, -0.2) is 0 Å². The smallest absolute Gasteiger partial charge is 0.326 e. The predicted octanol–water partition coefficient (Wildman–Crippen LogP) is 4.23. The number of benzene rings is 2. The SMILES string of the molecule is CC[C@@H](C)OC(=O)CN1C(=O)S/C(=C/c2ccc(OC)c3ccccc23)C1=O. The third kappa shape index (κ3) is 4.04. The van der Waals surface area contributed by atoms with Gasteiger partial charge in [-0.2, -0.15) is 0 Å². The molecule has 0 bridgehead atoms. The highest BCUT2D eigenvalue weighted by molar-refractivity contribution is 8.18.